The van der Waals surface area contributed by atoms with E-state index in [2.05, 4.69) is 42.3 Å². The molecule has 39 heavy (non-hydrogen) atoms. The van der Waals surface area contributed by atoms with Gasteiger partial charge in [-0.1, -0.05) is 23.2 Å². The number of amides is 1. The molecule has 0 bridgehead atoms. The Hall–Kier alpha value is -3.06. The number of likely N-dealkylation sites (N-methyl/N-ethyl adjacent to an activating group) is 1. The van der Waals surface area contributed by atoms with E-state index in [9.17, 15) is 9.59 Å². The molecule has 11 heteroatoms. The lowest BCUT2D eigenvalue weighted by molar-refractivity contribution is -0.140. The van der Waals surface area contributed by atoms with Crippen molar-refractivity contribution >= 4 is 51.0 Å². The third kappa shape index (κ3) is 6.40. The average molecular weight is 631 g/mol. The molecule has 3 heterocycles. The summed E-state index contributed by atoms with van der Waals surface area (Å²) in [5.41, 5.74) is 1.00. The van der Waals surface area contributed by atoms with Crippen molar-refractivity contribution in [2.75, 3.05) is 7.05 Å². The summed E-state index contributed by atoms with van der Waals surface area (Å²) in [4.78, 5) is 34.9. The lowest BCUT2D eigenvalue weighted by Crippen LogP contribution is -2.32. The van der Waals surface area contributed by atoms with Crippen molar-refractivity contribution in [1.29, 1.82) is 5.26 Å². The molecular weight excluding hydrogens is 605 g/mol. The molecule has 3 saturated carbocycles. The number of hydrogen-bond acceptors (Lipinski definition) is 6. The van der Waals surface area contributed by atoms with Crippen LogP contribution in [-0.4, -0.2) is 39.0 Å². The van der Waals surface area contributed by atoms with E-state index in [4.69, 9.17) is 33.6 Å². The van der Waals surface area contributed by atoms with Crippen molar-refractivity contribution in [2.24, 2.45) is 0 Å². The Balaban J connectivity index is 0.000000136. The SMILES string of the molecule is CNC(=O)C1(c2ccc(Cl)cn2)CC1.N#CC1(c2ccc(Cl)cn2)CC1.O=C(O)C1(c2ccc(Br)cn2)CC1. The standard InChI is InChI=1S/C10H11ClN2O.C9H8BrNO2.C9H7ClN2/c1-12-9(14)10(4-5-10)8-3-2-7(11)6-13-8;10-6-1-2-7(11-5-6)9(3-4-9)8(12)13;10-7-1-2-8(12-5-7)9(6-11)3-4-9/h2-3,6H,4-5H2,1H3,(H,12,14);1-2,5H,3-4H2,(H,12,13);1-2,5H,3-4H2. The second kappa shape index (κ2) is 11.6. The topological polar surface area (TPSA) is 129 Å². The number of carboxylic acid groups (broad SMARTS) is 1. The van der Waals surface area contributed by atoms with Crippen molar-refractivity contribution in [1.82, 2.24) is 20.3 Å². The smallest absolute Gasteiger partial charge is 0.315 e. The van der Waals surface area contributed by atoms with Gasteiger partial charge in [0.05, 0.1) is 44.0 Å². The largest absolute Gasteiger partial charge is 0.481 e. The molecule has 3 aliphatic rings. The average Bonchev–Trinajstić information content (AvgIpc) is 3.82. The van der Waals surface area contributed by atoms with Crippen molar-refractivity contribution < 1.29 is 14.7 Å². The Morgan fingerprint density at radius 1 is 0.846 bits per heavy atom. The van der Waals surface area contributed by atoms with Crippen LogP contribution in [0.2, 0.25) is 10.0 Å². The third-order valence-corrected chi connectivity index (χ3v) is 8.10. The van der Waals surface area contributed by atoms with Crippen molar-refractivity contribution in [2.45, 2.75) is 54.8 Å². The number of carbonyl (C=O) groups excluding carboxylic acids is 1. The van der Waals surface area contributed by atoms with Gasteiger partial charge < -0.3 is 10.4 Å². The van der Waals surface area contributed by atoms with Gasteiger partial charge in [0.25, 0.3) is 0 Å². The summed E-state index contributed by atoms with van der Waals surface area (Å²) in [6, 6.07) is 13.1. The molecule has 0 saturated heterocycles. The van der Waals surface area contributed by atoms with Crippen LogP contribution in [0.1, 0.15) is 55.6 Å². The number of hydrogen-bond donors (Lipinski definition) is 2. The van der Waals surface area contributed by atoms with E-state index in [-0.39, 0.29) is 16.7 Å². The highest BCUT2D eigenvalue weighted by atomic mass is 79.9. The Kier molecular flexibility index (Phi) is 8.60. The minimum absolute atomic E-state index is 0.0484. The minimum atomic E-state index is -0.762. The number of rotatable bonds is 5. The quantitative estimate of drug-likeness (QED) is 0.366. The molecule has 0 aliphatic heterocycles. The second-order valence-corrected chi connectivity index (χ2v) is 11.6. The van der Waals surface area contributed by atoms with Crippen LogP contribution in [0.15, 0.2) is 59.5 Å². The van der Waals surface area contributed by atoms with Crippen LogP contribution in [0.5, 0.6) is 0 Å². The number of carboxylic acids is 1. The first kappa shape index (κ1) is 28.9. The first-order valence-electron chi connectivity index (χ1n) is 12.3. The molecular formula is C28H26BrCl2N5O3. The highest BCUT2D eigenvalue weighted by Gasteiger charge is 2.53. The summed E-state index contributed by atoms with van der Waals surface area (Å²) in [5.74, 6) is -0.713. The van der Waals surface area contributed by atoms with E-state index in [1.165, 1.54) is 0 Å². The molecule has 0 spiro atoms. The van der Waals surface area contributed by atoms with Gasteiger partial charge >= 0.3 is 5.97 Å². The maximum Gasteiger partial charge on any atom is 0.315 e. The fourth-order valence-electron chi connectivity index (χ4n) is 4.20. The first-order valence-corrected chi connectivity index (χ1v) is 13.9. The second-order valence-electron chi connectivity index (χ2n) is 9.83. The van der Waals surface area contributed by atoms with Gasteiger partial charge in [0, 0.05) is 30.1 Å². The fraction of sp³-hybridized carbons (Fsp3) is 0.357. The molecule has 0 aromatic carbocycles. The normalized spacial score (nSPS) is 18.0. The Bertz CT molecular complexity index is 1380. The van der Waals surface area contributed by atoms with Crippen LogP contribution in [0.25, 0.3) is 0 Å². The van der Waals surface area contributed by atoms with E-state index in [1.54, 1.807) is 43.8 Å². The fourth-order valence-corrected chi connectivity index (χ4v) is 4.65. The van der Waals surface area contributed by atoms with Crippen LogP contribution in [0.3, 0.4) is 0 Å². The Morgan fingerprint density at radius 3 is 1.69 bits per heavy atom. The van der Waals surface area contributed by atoms with Gasteiger partial charge in [-0.2, -0.15) is 5.26 Å². The van der Waals surface area contributed by atoms with E-state index in [1.807, 2.05) is 18.2 Å². The summed E-state index contributed by atoms with van der Waals surface area (Å²) in [5, 5.41) is 21.7. The number of nitriles is 1. The van der Waals surface area contributed by atoms with Crippen LogP contribution >= 0.6 is 39.1 Å². The molecule has 3 aliphatic carbocycles. The van der Waals surface area contributed by atoms with Crippen molar-refractivity contribution in [3.63, 3.8) is 0 Å². The van der Waals surface area contributed by atoms with Gasteiger partial charge in [0.15, 0.2) is 0 Å². The van der Waals surface area contributed by atoms with Crippen LogP contribution in [0.4, 0.5) is 0 Å². The molecule has 0 atom stereocenters. The van der Waals surface area contributed by atoms with E-state index in [0.717, 1.165) is 41.5 Å². The number of nitrogens with zero attached hydrogens (tertiary/aromatic N) is 4. The predicted octanol–water partition coefficient (Wildman–Crippen LogP) is 5.76. The molecule has 6 rings (SSSR count). The molecule has 202 valence electrons. The van der Waals surface area contributed by atoms with Crippen LogP contribution < -0.4 is 5.32 Å². The summed E-state index contributed by atoms with van der Waals surface area (Å²) in [6.07, 6.45) is 9.83. The summed E-state index contributed by atoms with van der Waals surface area (Å²) >= 11 is 14.7. The van der Waals surface area contributed by atoms with Gasteiger partial charge in [-0.15, -0.1) is 0 Å². The molecule has 1 amide bonds. The zero-order chi connectivity index (χ0) is 28.3. The number of nitrogens with one attached hydrogen (secondary N) is 1. The van der Waals surface area contributed by atoms with Gasteiger partial charge in [0.1, 0.15) is 5.41 Å². The third-order valence-electron chi connectivity index (χ3n) is 7.19. The zero-order valence-corrected chi connectivity index (χ0v) is 24.2. The molecule has 3 aromatic heterocycles. The number of aliphatic carboxylic acids is 1. The highest BCUT2D eigenvalue weighted by molar-refractivity contribution is 9.10. The summed E-state index contributed by atoms with van der Waals surface area (Å²) in [6.45, 7) is 0. The van der Waals surface area contributed by atoms with Crippen LogP contribution in [-0.2, 0) is 25.8 Å². The molecule has 2 N–H and O–H groups in total. The summed E-state index contributed by atoms with van der Waals surface area (Å²) in [7, 11) is 1.65. The monoisotopic (exact) mass is 629 g/mol. The molecule has 0 radical (unpaired) electrons. The predicted molar refractivity (Wildman–Crippen MR) is 150 cm³/mol. The number of carbonyl (C=O) groups is 2. The lowest BCUT2D eigenvalue weighted by Gasteiger charge is -2.12. The summed E-state index contributed by atoms with van der Waals surface area (Å²) < 4.78 is 0.873. The first-order chi connectivity index (χ1) is 18.6. The van der Waals surface area contributed by atoms with Gasteiger partial charge in [-0.3, -0.25) is 24.5 Å². The Morgan fingerprint density at radius 2 is 1.33 bits per heavy atom. The van der Waals surface area contributed by atoms with Gasteiger partial charge in [-0.05, 0) is 90.9 Å². The van der Waals surface area contributed by atoms with Gasteiger partial charge in [0.2, 0.25) is 5.91 Å². The molecule has 8 nitrogen and oxygen atoms in total. The van der Waals surface area contributed by atoms with Gasteiger partial charge in [-0.25, -0.2) is 0 Å². The Labute approximate surface area is 244 Å². The lowest BCUT2D eigenvalue weighted by atomic mass is 10.0. The minimum Gasteiger partial charge on any atom is -0.481 e. The number of halogens is 3. The molecule has 0 unspecified atom stereocenters. The maximum absolute atomic E-state index is 11.6. The zero-order valence-electron chi connectivity index (χ0n) is 21.1. The molecule has 3 fully saturated rings. The van der Waals surface area contributed by atoms with Crippen molar-refractivity contribution in [3.05, 3.63) is 86.6 Å². The highest BCUT2D eigenvalue weighted by Crippen LogP contribution is 2.48. The van der Waals surface area contributed by atoms with E-state index < -0.39 is 11.4 Å². The van der Waals surface area contributed by atoms with Crippen molar-refractivity contribution in [3.8, 4) is 6.07 Å². The number of pyridine rings is 3. The maximum atomic E-state index is 11.6. The molecule has 3 aromatic rings. The number of aromatic nitrogens is 3. The van der Waals surface area contributed by atoms with E-state index >= 15 is 0 Å². The van der Waals surface area contributed by atoms with E-state index in [0.29, 0.717) is 28.6 Å². The van der Waals surface area contributed by atoms with Crippen LogP contribution in [0, 0.1) is 11.3 Å².